The van der Waals surface area contributed by atoms with E-state index in [1.54, 1.807) is 6.92 Å². The molecule has 0 radical (unpaired) electrons. The molecule has 0 spiro atoms. The van der Waals surface area contributed by atoms with E-state index >= 15 is 0 Å². The van der Waals surface area contributed by atoms with E-state index in [9.17, 15) is 14.9 Å². The minimum Gasteiger partial charge on any atom is -0.482 e. The zero-order chi connectivity index (χ0) is 12.3. The van der Waals surface area contributed by atoms with Crippen molar-refractivity contribution in [3.63, 3.8) is 0 Å². The summed E-state index contributed by atoms with van der Waals surface area (Å²) in [5.41, 5.74) is 0.480. The van der Waals surface area contributed by atoms with Gasteiger partial charge in [0.05, 0.1) is 4.92 Å². The average Bonchev–Trinajstić information content (AvgIpc) is 2.16. The van der Waals surface area contributed by atoms with Gasteiger partial charge in [0.25, 0.3) is 10.9 Å². The quantitative estimate of drug-likeness (QED) is 0.463. The molecule has 0 unspecified atom stereocenters. The van der Waals surface area contributed by atoms with Crippen LogP contribution in [0.1, 0.15) is 12.5 Å². The van der Waals surface area contributed by atoms with Gasteiger partial charge in [-0.15, -0.1) is 0 Å². The zero-order valence-electron chi connectivity index (χ0n) is 8.77. The number of aryl methyl sites for hydroxylation is 1. The summed E-state index contributed by atoms with van der Waals surface area (Å²) in [6.07, 6.45) is -0.775. The molecule has 0 aliphatic carbocycles. The molecule has 0 aromatic heterocycles. The maximum Gasteiger partial charge on any atom is 0.272 e. The highest BCUT2D eigenvalue weighted by Gasteiger charge is 2.14. The molecule has 0 aliphatic rings. The number of carbonyl (C=O) groups excluding carboxylic acids is 1. The number of rotatable bonds is 4. The standard InChI is InChI=1S/C10H10ClNO4/c1-6-5-8(16-7(2)10(11)13)3-4-9(6)12(14)15/h3-5,7H,1-2H3/t7-/m1/s1. The fourth-order valence-electron chi connectivity index (χ4n) is 1.16. The molecule has 0 fully saturated rings. The van der Waals surface area contributed by atoms with Crippen molar-refractivity contribution in [3.8, 4) is 5.75 Å². The Balaban J connectivity index is 2.89. The van der Waals surface area contributed by atoms with E-state index in [-0.39, 0.29) is 5.69 Å². The number of carbonyl (C=O) groups is 1. The Morgan fingerprint density at radius 1 is 1.56 bits per heavy atom. The van der Waals surface area contributed by atoms with E-state index < -0.39 is 16.3 Å². The number of halogens is 1. The van der Waals surface area contributed by atoms with Crippen molar-refractivity contribution in [1.82, 2.24) is 0 Å². The Morgan fingerprint density at radius 2 is 2.19 bits per heavy atom. The van der Waals surface area contributed by atoms with Gasteiger partial charge in [-0.1, -0.05) is 0 Å². The van der Waals surface area contributed by atoms with Crippen LogP contribution in [-0.4, -0.2) is 16.3 Å². The molecule has 1 aromatic rings. The topological polar surface area (TPSA) is 69.4 Å². The maximum absolute atomic E-state index is 10.7. The minimum atomic E-state index is -0.775. The third kappa shape index (κ3) is 2.93. The van der Waals surface area contributed by atoms with Crippen molar-refractivity contribution in [2.75, 3.05) is 0 Å². The first kappa shape index (κ1) is 12.4. The molecule has 0 saturated carbocycles. The van der Waals surface area contributed by atoms with Gasteiger partial charge in [0.15, 0.2) is 6.10 Å². The van der Waals surface area contributed by atoms with Gasteiger partial charge in [-0.3, -0.25) is 14.9 Å². The average molecular weight is 244 g/mol. The van der Waals surface area contributed by atoms with Gasteiger partial charge in [0.1, 0.15) is 5.75 Å². The molecule has 0 heterocycles. The first-order valence-electron chi connectivity index (χ1n) is 4.53. The van der Waals surface area contributed by atoms with Gasteiger partial charge in [-0.2, -0.15) is 0 Å². The van der Waals surface area contributed by atoms with Crippen LogP contribution in [0.15, 0.2) is 18.2 Å². The monoisotopic (exact) mass is 243 g/mol. The van der Waals surface area contributed by atoms with Crippen LogP contribution in [0.25, 0.3) is 0 Å². The highest BCUT2D eigenvalue weighted by molar-refractivity contribution is 6.64. The summed E-state index contributed by atoms with van der Waals surface area (Å²) in [6.45, 7) is 3.10. The molecule has 5 nitrogen and oxygen atoms in total. The van der Waals surface area contributed by atoms with Gasteiger partial charge in [0.2, 0.25) is 0 Å². The third-order valence-corrected chi connectivity index (χ3v) is 2.30. The fourth-order valence-corrected chi connectivity index (χ4v) is 1.20. The van der Waals surface area contributed by atoms with Crippen molar-refractivity contribution in [2.24, 2.45) is 0 Å². The summed E-state index contributed by atoms with van der Waals surface area (Å²) in [4.78, 5) is 20.8. The predicted octanol–water partition coefficient (Wildman–Crippen LogP) is 2.44. The van der Waals surface area contributed by atoms with Gasteiger partial charge >= 0.3 is 0 Å². The van der Waals surface area contributed by atoms with Crippen LogP contribution in [0.3, 0.4) is 0 Å². The Kier molecular flexibility index (Phi) is 3.84. The number of nitro benzene ring substituents is 1. The molecule has 6 heteroatoms. The lowest BCUT2D eigenvalue weighted by Gasteiger charge is -2.10. The number of hydrogen-bond acceptors (Lipinski definition) is 4. The van der Waals surface area contributed by atoms with Crippen molar-refractivity contribution in [2.45, 2.75) is 20.0 Å². The lowest BCUT2D eigenvalue weighted by molar-refractivity contribution is -0.385. The fraction of sp³-hybridized carbons (Fsp3) is 0.300. The normalized spacial score (nSPS) is 11.9. The lowest BCUT2D eigenvalue weighted by Crippen LogP contribution is -2.18. The van der Waals surface area contributed by atoms with Crippen LogP contribution in [0.5, 0.6) is 5.75 Å². The maximum atomic E-state index is 10.7. The number of nitrogens with zero attached hydrogens (tertiary/aromatic N) is 1. The van der Waals surface area contributed by atoms with Crippen LogP contribution < -0.4 is 4.74 Å². The Labute approximate surface area is 97.1 Å². The smallest absolute Gasteiger partial charge is 0.272 e. The van der Waals surface area contributed by atoms with E-state index in [2.05, 4.69) is 0 Å². The first-order chi connectivity index (χ1) is 7.41. The van der Waals surface area contributed by atoms with Gasteiger partial charge < -0.3 is 4.74 Å². The molecule has 0 amide bonds. The van der Waals surface area contributed by atoms with Crippen molar-refractivity contribution in [3.05, 3.63) is 33.9 Å². The number of hydrogen-bond donors (Lipinski definition) is 0. The summed E-state index contributed by atoms with van der Waals surface area (Å²) < 4.78 is 5.19. The Hall–Kier alpha value is -1.62. The second-order valence-corrected chi connectivity index (χ2v) is 3.64. The number of benzene rings is 1. The largest absolute Gasteiger partial charge is 0.482 e. The lowest BCUT2D eigenvalue weighted by atomic mass is 10.2. The summed E-state index contributed by atoms with van der Waals surface area (Å²) in [5.74, 6) is 0.379. The van der Waals surface area contributed by atoms with Crippen LogP contribution in [-0.2, 0) is 4.79 Å². The molecule has 1 rings (SSSR count). The van der Waals surface area contributed by atoms with Crippen molar-refractivity contribution in [1.29, 1.82) is 0 Å². The molecule has 0 saturated heterocycles. The molecule has 0 bridgehead atoms. The molecule has 1 aromatic carbocycles. The second-order valence-electron chi connectivity index (χ2n) is 3.27. The van der Waals surface area contributed by atoms with Crippen LogP contribution in [0.2, 0.25) is 0 Å². The van der Waals surface area contributed by atoms with E-state index in [0.717, 1.165) is 0 Å². The van der Waals surface area contributed by atoms with Crippen molar-refractivity contribution < 1.29 is 14.5 Å². The summed E-state index contributed by atoms with van der Waals surface area (Å²) >= 11 is 5.23. The molecular formula is C10H10ClNO4. The first-order valence-corrected chi connectivity index (χ1v) is 4.90. The SMILES string of the molecule is Cc1cc(O[C@H](C)C(=O)Cl)ccc1[N+](=O)[O-]. The van der Waals surface area contributed by atoms with Crippen LogP contribution in [0, 0.1) is 17.0 Å². The molecule has 1 atom stereocenters. The van der Waals surface area contributed by atoms with Gasteiger partial charge in [-0.05, 0) is 37.6 Å². The van der Waals surface area contributed by atoms with E-state index in [0.29, 0.717) is 11.3 Å². The predicted molar refractivity (Wildman–Crippen MR) is 58.8 cm³/mol. The summed E-state index contributed by atoms with van der Waals surface area (Å²) in [5, 5.41) is 9.94. The van der Waals surface area contributed by atoms with Gasteiger partial charge in [-0.25, -0.2) is 0 Å². The molecular weight excluding hydrogens is 234 g/mol. The zero-order valence-corrected chi connectivity index (χ0v) is 9.52. The summed E-state index contributed by atoms with van der Waals surface area (Å²) in [7, 11) is 0. The molecule has 86 valence electrons. The Bertz CT molecular complexity index is 433. The van der Waals surface area contributed by atoms with Crippen molar-refractivity contribution >= 4 is 22.5 Å². The summed E-state index contributed by atoms with van der Waals surface area (Å²) in [6, 6.07) is 4.26. The number of ether oxygens (including phenoxy) is 1. The van der Waals surface area contributed by atoms with Gasteiger partial charge in [0, 0.05) is 11.6 Å². The molecule has 16 heavy (non-hydrogen) atoms. The highest BCUT2D eigenvalue weighted by Crippen LogP contribution is 2.23. The second kappa shape index (κ2) is 4.94. The van der Waals surface area contributed by atoms with E-state index in [4.69, 9.17) is 16.3 Å². The van der Waals surface area contributed by atoms with E-state index in [1.807, 2.05) is 0 Å². The molecule has 0 aliphatic heterocycles. The van der Waals surface area contributed by atoms with E-state index in [1.165, 1.54) is 25.1 Å². The number of nitro groups is 1. The van der Waals surface area contributed by atoms with Crippen LogP contribution in [0.4, 0.5) is 5.69 Å². The Morgan fingerprint density at radius 3 is 2.62 bits per heavy atom. The molecule has 0 N–H and O–H groups in total. The third-order valence-electron chi connectivity index (χ3n) is 2.00. The minimum absolute atomic E-state index is 0.0113. The highest BCUT2D eigenvalue weighted by atomic mass is 35.5. The van der Waals surface area contributed by atoms with Crippen LogP contribution >= 0.6 is 11.6 Å².